The zero-order valence-electron chi connectivity index (χ0n) is 16.6. The van der Waals surface area contributed by atoms with Crippen molar-refractivity contribution >= 4 is 39.3 Å². The second-order valence-corrected chi connectivity index (χ2v) is 7.73. The van der Waals surface area contributed by atoms with E-state index in [4.69, 9.17) is 4.74 Å². The molecule has 0 aliphatic carbocycles. The fourth-order valence-corrected chi connectivity index (χ4v) is 3.50. The number of nitrogens with zero attached hydrogens (tertiary/aromatic N) is 5. The summed E-state index contributed by atoms with van der Waals surface area (Å²) < 4.78 is 7.54. The molecular formula is C19H25BrN6O3. The zero-order valence-corrected chi connectivity index (χ0v) is 18.2. The van der Waals surface area contributed by atoms with E-state index in [1.807, 2.05) is 0 Å². The Balaban J connectivity index is 1.56. The van der Waals surface area contributed by atoms with Gasteiger partial charge in [-0.15, -0.1) is 0 Å². The van der Waals surface area contributed by atoms with Gasteiger partial charge >= 0.3 is 6.09 Å². The molecule has 1 saturated heterocycles. The van der Waals surface area contributed by atoms with Crippen LogP contribution < -0.4 is 15.8 Å². The average molecular weight is 465 g/mol. The van der Waals surface area contributed by atoms with Crippen LogP contribution in [0.5, 0.6) is 0 Å². The summed E-state index contributed by atoms with van der Waals surface area (Å²) in [6.07, 6.45) is 6.59. The van der Waals surface area contributed by atoms with Crippen molar-refractivity contribution in [3.8, 4) is 0 Å². The molecule has 2 aromatic rings. The normalized spacial score (nSPS) is 14.0. The van der Waals surface area contributed by atoms with Crippen LogP contribution in [0, 0.1) is 0 Å². The number of piperazine rings is 1. The number of hydrogen-bond acceptors (Lipinski definition) is 7. The third kappa shape index (κ3) is 5.47. The van der Waals surface area contributed by atoms with Crippen LogP contribution >= 0.6 is 15.9 Å². The quantitative estimate of drug-likeness (QED) is 0.656. The van der Waals surface area contributed by atoms with Crippen LogP contribution in [-0.2, 0) is 11.8 Å². The average Bonchev–Trinajstić information content (AvgIpc) is 2.72. The standard InChI is InChI=1S/C19H25BrN6O3/c1-3-4-9-29-19(28)26-7-5-25(6-8-26)17-12-21-16(11-22-17)23-15-10-14(20)13-24(2)18(15)27/h10-13H,3-9H2,1-2H3,(H,21,23). The van der Waals surface area contributed by atoms with E-state index in [2.05, 4.69) is 43.0 Å². The van der Waals surface area contributed by atoms with Crippen LogP contribution in [0.15, 0.2) is 33.9 Å². The number of aryl methyl sites for hydroxylation is 1. The van der Waals surface area contributed by atoms with E-state index < -0.39 is 0 Å². The third-order valence-electron chi connectivity index (χ3n) is 4.64. The number of unbranched alkanes of at least 4 members (excludes halogenated alkanes) is 1. The highest BCUT2D eigenvalue weighted by molar-refractivity contribution is 9.10. The van der Waals surface area contributed by atoms with Crippen LogP contribution in [0.25, 0.3) is 0 Å². The molecule has 1 amide bonds. The van der Waals surface area contributed by atoms with Crippen molar-refractivity contribution in [2.45, 2.75) is 19.8 Å². The first kappa shape index (κ1) is 21.1. The van der Waals surface area contributed by atoms with Gasteiger partial charge in [-0.25, -0.2) is 14.8 Å². The summed E-state index contributed by atoms with van der Waals surface area (Å²) >= 11 is 3.38. The summed E-state index contributed by atoms with van der Waals surface area (Å²) in [5, 5.41) is 3.01. The molecule has 1 aliphatic heterocycles. The first-order chi connectivity index (χ1) is 14.0. The molecule has 3 heterocycles. The van der Waals surface area contributed by atoms with Crippen molar-refractivity contribution < 1.29 is 9.53 Å². The number of amides is 1. The Hall–Kier alpha value is -2.62. The van der Waals surface area contributed by atoms with Crippen molar-refractivity contribution in [3.63, 3.8) is 0 Å². The fraction of sp³-hybridized carbons (Fsp3) is 0.474. The Labute approximate surface area is 177 Å². The summed E-state index contributed by atoms with van der Waals surface area (Å²) in [4.78, 5) is 36.8. The predicted molar refractivity (Wildman–Crippen MR) is 115 cm³/mol. The van der Waals surface area contributed by atoms with Crippen molar-refractivity contribution in [1.29, 1.82) is 0 Å². The molecule has 3 rings (SSSR count). The van der Waals surface area contributed by atoms with Crippen LogP contribution in [0.1, 0.15) is 19.8 Å². The summed E-state index contributed by atoms with van der Waals surface area (Å²) in [5.74, 6) is 1.22. The molecule has 0 aromatic carbocycles. The topological polar surface area (TPSA) is 92.6 Å². The maximum atomic E-state index is 12.2. The van der Waals surface area contributed by atoms with Gasteiger partial charge in [-0.05, 0) is 28.4 Å². The highest BCUT2D eigenvalue weighted by atomic mass is 79.9. The van der Waals surface area contributed by atoms with Gasteiger partial charge in [-0.1, -0.05) is 13.3 Å². The number of rotatable bonds is 6. The van der Waals surface area contributed by atoms with E-state index in [0.717, 1.165) is 23.1 Å². The van der Waals surface area contributed by atoms with Crippen LogP contribution in [0.3, 0.4) is 0 Å². The number of halogens is 1. The first-order valence-corrected chi connectivity index (χ1v) is 10.4. The van der Waals surface area contributed by atoms with E-state index in [1.54, 1.807) is 36.6 Å². The summed E-state index contributed by atoms with van der Waals surface area (Å²) in [6.45, 7) is 5.03. The van der Waals surface area contributed by atoms with Crippen molar-refractivity contribution in [3.05, 3.63) is 39.5 Å². The number of hydrogen-bond donors (Lipinski definition) is 1. The number of anilines is 3. The van der Waals surface area contributed by atoms with Gasteiger partial charge in [0.05, 0.1) is 19.0 Å². The summed E-state index contributed by atoms with van der Waals surface area (Å²) in [6, 6.07) is 1.71. The Morgan fingerprint density at radius 3 is 2.66 bits per heavy atom. The predicted octanol–water partition coefficient (Wildman–Crippen LogP) is 2.74. The smallest absolute Gasteiger partial charge is 0.409 e. The minimum absolute atomic E-state index is 0.152. The van der Waals surface area contributed by atoms with Crippen molar-refractivity contribution in [2.24, 2.45) is 7.05 Å². The highest BCUT2D eigenvalue weighted by Crippen LogP contribution is 2.18. The molecule has 9 nitrogen and oxygen atoms in total. The second-order valence-electron chi connectivity index (χ2n) is 6.81. The van der Waals surface area contributed by atoms with E-state index in [9.17, 15) is 9.59 Å². The van der Waals surface area contributed by atoms with Gasteiger partial charge in [-0.3, -0.25) is 4.79 Å². The van der Waals surface area contributed by atoms with Gasteiger partial charge in [0.2, 0.25) is 0 Å². The lowest BCUT2D eigenvalue weighted by atomic mass is 10.3. The Bertz CT molecular complexity index is 894. The van der Waals surface area contributed by atoms with E-state index in [-0.39, 0.29) is 11.7 Å². The van der Waals surface area contributed by atoms with Crippen LogP contribution in [0.4, 0.5) is 22.1 Å². The molecule has 156 valence electrons. The molecule has 1 aliphatic rings. The maximum absolute atomic E-state index is 12.2. The number of ether oxygens (including phenoxy) is 1. The van der Waals surface area contributed by atoms with Gasteiger partial charge < -0.3 is 24.4 Å². The van der Waals surface area contributed by atoms with E-state index in [1.165, 1.54) is 4.57 Å². The molecular weight excluding hydrogens is 440 g/mol. The molecule has 1 fully saturated rings. The molecule has 29 heavy (non-hydrogen) atoms. The van der Waals surface area contributed by atoms with Crippen LogP contribution in [-0.4, -0.2) is 58.3 Å². The lowest BCUT2D eigenvalue weighted by Gasteiger charge is -2.34. The van der Waals surface area contributed by atoms with Crippen molar-refractivity contribution in [1.82, 2.24) is 19.4 Å². The third-order valence-corrected chi connectivity index (χ3v) is 5.07. The number of aromatic nitrogens is 3. The number of pyridine rings is 1. The molecule has 0 spiro atoms. The molecule has 0 radical (unpaired) electrons. The van der Waals surface area contributed by atoms with Gasteiger partial charge in [0.15, 0.2) is 0 Å². The zero-order chi connectivity index (χ0) is 20.8. The molecule has 0 unspecified atom stereocenters. The maximum Gasteiger partial charge on any atom is 0.409 e. The lowest BCUT2D eigenvalue weighted by Crippen LogP contribution is -2.49. The Kier molecular flexibility index (Phi) is 7.08. The van der Waals surface area contributed by atoms with Gasteiger partial charge in [0.25, 0.3) is 5.56 Å². The summed E-state index contributed by atoms with van der Waals surface area (Å²) in [5.41, 5.74) is 0.264. The summed E-state index contributed by atoms with van der Waals surface area (Å²) in [7, 11) is 1.69. The Morgan fingerprint density at radius 2 is 2.00 bits per heavy atom. The number of carbonyl (C=O) groups is 1. The Morgan fingerprint density at radius 1 is 1.24 bits per heavy atom. The molecule has 1 N–H and O–H groups in total. The minimum Gasteiger partial charge on any atom is -0.449 e. The van der Waals surface area contributed by atoms with Crippen molar-refractivity contribution in [2.75, 3.05) is 43.0 Å². The molecule has 0 atom stereocenters. The van der Waals surface area contributed by atoms with E-state index >= 15 is 0 Å². The van der Waals surface area contributed by atoms with E-state index in [0.29, 0.717) is 44.3 Å². The van der Waals surface area contributed by atoms with Gasteiger partial charge in [0.1, 0.15) is 17.3 Å². The molecule has 0 saturated carbocycles. The second kappa shape index (κ2) is 9.73. The lowest BCUT2D eigenvalue weighted by molar-refractivity contribution is 0.0989. The molecule has 0 bridgehead atoms. The largest absolute Gasteiger partial charge is 0.449 e. The SMILES string of the molecule is CCCCOC(=O)N1CCN(c2cnc(Nc3cc(Br)cn(C)c3=O)cn2)CC1. The number of carbonyl (C=O) groups excluding carboxylic acids is 1. The molecule has 2 aromatic heterocycles. The monoisotopic (exact) mass is 464 g/mol. The van der Waals surface area contributed by atoms with Gasteiger partial charge in [0, 0.05) is 43.9 Å². The molecule has 10 heteroatoms. The van der Waals surface area contributed by atoms with Gasteiger partial charge in [-0.2, -0.15) is 0 Å². The fourth-order valence-electron chi connectivity index (χ4n) is 2.96. The van der Waals surface area contributed by atoms with Crippen LogP contribution in [0.2, 0.25) is 0 Å². The first-order valence-electron chi connectivity index (χ1n) is 9.60. The highest BCUT2D eigenvalue weighted by Gasteiger charge is 2.23. The minimum atomic E-state index is -0.251. The number of nitrogens with one attached hydrogen (secondary N) is 1.